The van der Waals surface area contributed by atoms with Gasteiger partial charge in [0.05, 0.1) is 11.1 Å². The lowest BCUT2D eigenvalue weighted by molar-refractivity contribution is 0.0333. The smallest absolute Gasteiger partial charge is 0.335 e. The molecular formula is C20H19F2NO4. The molecule has 1 fully saturated rings. The lowest BCUT2D eigenvalue weighted by atomic mass is 9.82. The Morgan fingerprint density at radius 1 is 1.07 bits per heavy atom. The second-order valence-electron chi connectivity index (χ2n) is 6.67. The summed E-state index contributed by atoms with van der Waals surface area (Å²) >= 11 is 0. The Morgan fingerprint density at radius 2 is 1.74 bits per heavy atom. The molecule has 0 unspecified atom stereocenters. The SMILES string of the molecule is Cc1cc(C(=O)O)cc(C(=O)NC2(c3ccc(F)cc3F)CCOCC2)c1. The summed E-state index contributed by atoms with van der Waals surface area (Å²) < 4.78 is 33.1. The lowest BCUT2D eigenvalue weighted by Gasteiger charge is -2.38. The van der Waals surface area contributed by atoms with E-state index in [4.69, 9.17) is 4.74 Å². The number of carboxylic acid groups (broad SMARTS) is 1. The fraction of sp³-hybridized carbons (Fsp3) is 0.300. The van der Waals surface area contributed by atoms with Gasteiger partial charge in [-0.3, -0.25) is 4.79 Å². The number of amides is 1. The van der Waals surface area contributed by atoms with Gasteiger partial charge in [0.15, 0.2) is 0 Å². The number of nitrogens with one attached hydrogen (secondary N) is 1. The van der Waals surface area contributed by atoms with Crippen molar-refractivity contribution < 1.29 is 28.2 Å². The van der Waals surface area contributed by atoms with Gasteiger partial charge in [-0.15, -0.1) is 0 Å². The summed E-state index contributed by atoms with van der Waals surface area (Å²) in [5, 5.41) is 12.0. The standard InChI is InChI=1S/C20H19F2NO4/c1-12-8-13(10-14(9-12)19(25)26)18(24)23-20(4-6-27-7-5-20)16-3-2-15(21)11-17(16)22/h2-3,8-11H,4-7H2,1H3,(H,23,24)(H,25,26). The zero-order valence-corrected chi connectivity index (χ0v) is 14.7. The van der Waals surface area contributed by atoms with E-state index < -0.39 is 29.0 Å². The van der Waals surface area contributed by atoms with Gasteiger partial charge >= 0.3 is 5.97 Å². The van der Waals surface area contributed by atoms with E-state index in [-0.39, 0.29) is 16.7 Å². The minimum absolute atomic E-state index is 0.00543. The molecule has 0 bridgehead atoms. The first-order valence-electron chi connectivity index (χ1n) is 8.51. The summed E-state index contributed by atoms with van der Waals surface area (Å²) in [6.45, 7) is 2.31. The van der Waals surface area contributed by atoms with Crippen molar-refractivity contribution in [2.45, 2.75) is 25.3 Å². The first kappa shape index (κ1) is 19.0. The minimum Gasteiger partial charge on any atom is -0.478 e. The predicted octanol–water partition coefficient (Wildman–Crippen LogP) is 3.41. The van der Waals surface area contributed by atoms with Crippen LogP contribution in [-0.2, 0) is 10.3 Å². The molecule has 2 N–H and O–H groups in total. The molecule has 1 amide bonds. The summed E-state index contributed by atoms with van der Waals surface area (Å²) in [6.07, 6.45) is 0.637. The first-order valence-corrected chi connectivity index (χ1v) is 8.51. The van der Waals surface area contributed by atoms with Gasteiger partial charge in [0.25, 0.3) is 5.91 Å². The van der Waals surface area contributed by atoms with E-state index in [1.165, 1.54) is 18.2 Å². The Kier molecular flexibility index (Phi) is 5.23. The van der Waals surface area contributed by atoms with E-state index >= 15 is 0 Å². The molecule has 0 radical (unpaired) electrons. The van der Waals surface area contributed by atoms with Crippen LogP contribution >= 0.6 is 0 Å². The third-order valence-corrected chi connectivity index (χ3v) is 4.73. The van der Waals surface area contributed by atoms with Crippen LogP contribution in [0.3, 0.4) is 0 Å². The predicted molar refractivity (Wildman–Crippen MR) is 93.7 cm³/mol. The van der Waals surface area contributed by atoms with E-state index in [2.05, 4.69) is 5.32 Å². The molecule has 3 rings (SSSR count). The molecular weight excluding hydrogens is 356 g/mol. The van der Waals surface area contributed by atoms with Crippen LogP contribution < -0.4 is 5.32 Å². The molecule has 1 aliphatic heterocycles. The lowest BCUT2D eigenvalue weighted by Crippen LogP contribution is -2.50. The molecule has 27 heavy (non-hydrogen) atoms. The monoisotopic (exact) mass is 375 g/mol. The quantitative estimate of drug-likeness (QED) is 0.859. The van der Waals surface area contributed by atoms with Crippen molar-refractivity contribution in [2.24, 2.45) is 0 Å². The zero-order valence-electron chi connectivity index (χ0n) is 14.7. The molecule has 2 aromatic carbocycles. The number of rotatable bonds is 4. The Balaban J connectivity index is 1.98. The van der Waals surface area contributed by atoms with Crippen molar-refractivity contribution >= 4 is 11.9 Å². The van der Waals surface area contributed by atoms with Crippen molar-refractivity contribution in [3.8, 4) is 0 Å². The average molecular weight is 375 g/mol. The third-order valence-electron chi connectivity index (χ3n) is 4.73. The second-order valence-corrected chi connectivity index (χ2v) is 6.67. The number of carbonyl (C=O) groups is 2. The normalized spacial score (nSPS) is 16.0. The number of hydrogen-bond acceptors (Lipinski definition) is 3. The number of ether oxygens (including phenoxy) is 1. The highest BCUT2D eigenvalue weighted by Crippen LogP contribution is 2.34. The molecule has 0 aliphatic carbocycles. The van der Waals surface area contributed by atoms with Crippen LogP contribution in [-0.4, -0.2) is 30.2 Å². The van der Waals surface area contributed by atoms with Crippen LogP contribution in [0.2, 0.25) is 0 Å². The maximum atomic E-state index is 14.5. The molecule has 2 aromatic rings. The molecule has 1 heterocycles. The second kappa shape index (κ2) is 7.44. The molecule has 5 nitrogen and oxygen atoms in total. The van der Waals surface area contributed by atoms with Crippen molar-refractivity contribution in [1.29, 1.82) is 0 Å². The van der Waals surface area contributed by atoms with Crippen LogP contribution in [0.1, 0.15) is 44.7 Å². The molecule has 1 aliphatic rings. The summed E-state index contributed by atoms with van der Waals surface area (Å²) in [5.74, 6) is -3.10. The van der Waals surface area contributed by atoms with Gasteiger partial charge in [-0.2, -0.15) is 0 Å². The van der Waals surface area contributed by atoms with Gasteiger partial charge in [0, 0.05) is 30.4 Å². The van der Waals surface area contributed by atoms with Crippen molar-refractivity contribution in [2.75, 3.05) is 13.2 Å². The number of hydrogen-bond donors (Lipinski definition) is 2. The molecule has 0 aromatic heterocycles. The highest BCUT2D eigenvalue weighted by Gasteiger charge is 2.38. The van der Waals surface area contributed by atoms with Crippen LogP contribution in [0.15, 0.2) is 36.4 Å². The molecule has 142 valence electrons. The van der Waals surface area contributed by atoms with Gasteiger partial charge in [0.1, 0.15) is 11.6 Å². The Bertz CT molecular complexity index is 892. The highest BCUT2D eigenvalue weighted by molar-refractivity contribution is 5.98. The highest BCUT2D eigenvalue weighted by atomic mass is 19.1. The van der Waals surface area contributed by atoms with E-state index in [0.717, 1.165) is 12.1 Å². The molecule has 0 atom stereocenters. The van der Waals surface area contributed by atoms with Crippen LogP contribution in [0.25, 0.3) is 0 Å². The fourth-order valence-electron chi connectivity index (χ4n) is 3.39. The zero-order chi connectivity index (χ0) is 19.6. The summed E-state index contributed by atoms with van der Waals surface area (Å²) in [7, 11) is 0. The van der Waals surface area contributed by atoms with Gasteiger partial charge in [-0.25, -0.2) is 13.6 Å². The Hall–Kier alpha value is -2.80. The van der Waals surface area contributed by atoms with Gasteiger partial charge in [0.2, 0.25) is 0 Å². The third kappa shape index (κ3) is 3.98. The van der Waals surface area contributed by atoms with Crippen LogP contribution in [0.5, 0.6) is 0 Å². The average Bonchev–Trinajstić information content (AvgIpc) is 2.61. The minimum atomic E-state index is -1.14. The Labute approximate surface area is 155 Å². The summed E-state index contributed by atoms with van der Waals surface area (Å²) in [6, 6.07) is 7.57. The largest absolute Gasteiger partial charge is 0.478 e. The van der Waals surface area contributed by atoms with Crippen molar-refractivity contribution in [3.63, 3.8) is 0 Å². The molecule has 1 saturated heterocycles. The van der Waals surface area contributed by atoms with Gasteiger partial charge < -0.3 is 15.2 Å². The van der Waals surface area contributed by atoms with Crippen molar-refractivity contribution in [3.05, 3.63) is 70.3 Å². The van der Waals surface area contributed by atoms with Gasteiger partial charge in [-0.1, -0.05) is 6.07 Å². The van der Waals surface area contributed by atoms with E-state index in [1.807, 2.05) is 0 Å². The van der Waals surface area contributed by atoms with E-state index in [1.54, 1.807) is 13.0 Å². The van der Waals surface area contributed by atoms with Crippen LogP contribution in [0.4, 0.5) is 8.78 Å². The number of carboxylic acids is 1. The number of aryl methyl sites for hydroxylation is 1. The van der Waals surface area contributed by atoms with Crippen LogP contribution in [0, 0.1) is 18.6 Å². The number of halogens is 2. The number of aromatic carboxylic acids is 1. The summed E-state index contributed by atoms with van der Waals surface area (Å²) in [5.41, 5.74) is -0.0871. The van der Waals surface area contributed by atoms with E-state index in [9.17, 15) is 23.5 Å². The number of carbonyl (C=O) groups excluding carboxylic acids is 1. The summed E-state index contributed by atoms with van der Waals surface area (Å²) in [4.78, 5) is 24.1. The number of benzene rings is 2. The molecule has 7 heteroatoms. The van der Waals surface area contributed by atoms with Crippen molar-refractivity contribution in [1.82, 2.24) is 5.32 Å². The maximum absolute atomic E-state index is 14.5. The maximum Gasteiger partial charge on any atom is 0.335 e. The first-order chi connectivity index (χ1) is 12.8. The van der Waals surface area contributed by atoms with E-state index in [0.29, 0.717) is 31.6 Å². The molecule has 0 spiro atoms. The molecule has 0 saturated carbocycles. The topological polar surface area (TPSA) is 75.6 Å². The van der Waals surface area contributed by atoms with Gasteiger partial charge in [-0.05, 0) is 49.6 Å². The fourth-order valence-corrected chi connectivity index (χ4v) is 3.39. The Morgan fingerprint density at radius 3 is 2.37 bits per heavy atom.